The van der Waals surface area contributed by atoms with Crippen LogP contribution >= 0.6 is 0 Å². The fourth-order valence-electron chi connectivity index (χ4n) is 2.01. The van der Waals surface area contributed by atoms with Crippen molar-refractivity contribution < 1.29 is 27.1 Å². The van der Waals surface area contributed by atoms with Crippen LogP contribution in [-0.2, 0) is 17.5 Å². The van der Waals surface area contributed by atoms with Gasteiger partial charge in [-0.1, -0.05) is 18.2 Å². The van der Waals surface area contributed by atoms with Crippen LogP contribution in [0, 0.1) is 0 Å². The second-order valence-electron chi connectivity index (χ2n) is 4.76. The lowest BCUT2D eigenvalue weighted by molar-refractivity contribution is -0.141. The zero-order valence-corrected chi connectivity index (χ0v) is 11.6. The van der Waals surface area contributed by atoms with E-state index in [1.807, 2.05) is 18.2 Å². The maximum atomic E-state index is 12.4. The third kappa shape index (κ3) is 3.33. The third-order valence-electron chi connectivity index (χ3n) is 3.11. The monoisotopic (exact) mass is 321 g/mol. The fraction of sp³-hybridized carbons (Fsp3) is 0.125. The van der Waals surface area contributed by atoms with E-state index in [-0.39, 0.29) is 12.2 Å². The summed E-state index contributed by atoms with van der Waals surface area (Å²) in [6.45, 7) is -0.117. The number of fused-ring (bicyclic) bond motifs is 1. The zero-order chi connectivity index (χ0) is 16.4. The van der Waals surface area contributed by atoms with Crippen LogP contribution in [0.25, 0.3) is 11.0 Å². The first-order chi connectivity index (χ1) is 10.9. The van der Waals surface area contributed by atoms with E-state index in [4.69, 9.17) is 9.15 Å². The highest BCUT2D eigenvalue weighted by Gasteiger charge is 2.32. The van der Waals surface area contributed by atoms with Gasteiger partial charge >= 0.3 is 12.1 Å². The Morgan fingerprint density at radius 2 is 1.96 bits per heavy atom. The van der Waals surface area contributed by atoms with Gasteiger partial charge in [0.25, 0.3) is 0 Å². The van der Waals surface area contributed by atoms with Crippen molar-refractivity contribution >= 4 is 16.9 Å². The molecular weight excluding hydrogens is 311 g/mol. The van der Waals surface area contributed by atoms with E-state index >= 15 is 0 Å². The first-order valence-electron chi connectivity index (χ1n) is 6.61. The SMILES string of the molecule is O=C(OCc1cc2ccccc2o1)c1ccc(C(F)(F)F)nc1. The highest BCUT2D eigenvalue weighted by molar-refractivity contribution is 5.89. The number of carbonyl (C=O) groups excluding carboxylic acids is 1. The molecular formula is C16H10F3NO3. The van der Waals surface area contributed by atoms with Crippen LogP contribution in [0.3, 0.4) is 0 Å². The fourth-order valence-corrected chi connectivity index (χ4v) is 2.01. The van der Waals surface area contributed by atoms with Crippen molar-refractivity contribution in [3.8, 4) is 0 Å². The Balaban J connectivity index is 1.67. The molecule has 3 aromatic rings. The predicted molar refractivity (Wildman–Crippen MR) is 74.6 cm³/mol. The summed E-state index contributed by atoms with van der Waals surface area (Å²) < 4.78 is 47.7. The molecule has 1 aromatic carbocycles. The summed E-state index contributed by atoms with van der Waals surface area (Å²) in [5, 5.41) is 0.870. The molecule has 0 aliphatic rings. The van der Waals surface area contributed by atoms with Gasteiger partial charge in [-0.3, -0.25) is 4.98 Å². The van der Waals surface area contributed by atoms with E-state index in [2.05, 4.69) is 4.98 Å². The number of halogens is 3. The van der Waals surface area contributed by atoms with Crippen molar-refractivity contribution in [1.29, 1.82) is 0 Å². The molecule has 118 valence electrons. The first kappa shape index (κ1) is 15.1. The second kappa shape index (κ2) is 5.75. The molecule has 3 rings (SSSR count). The van der Waals surface area contributed by atoms with Gasteiger partial charge in [0.15, 0.2) is 0 Å². The summed E-state index contributed by atoms with van der Waals surface area (Å²) in [4.78, 5) is 15.0. The molecule has 2 heterocycles. The van der Waals surface area contributed by atoms with Crippen molar-refractivity contribution in [3.05, 3.63) is 65.7 Å². The van der Waals surface area contributed by atoms with Crippen LogP contribution in [-0.4, -0.2) is 11.0 Å². The number of nitrogens with zero attached hydrogens (tertiary/aromatic N) is 1. The molecule has 0 atom stereocenters. The largest absolute Gasteiger partial charge is 0.457 e. The lowest BCUT2D eigenvalue weighted by Gasteiger charge is -2.06. The average molecular weight is 321 g/mol. The molecule has 0 N–H and O–H groups in total. The van der Waals surface area contributed by atoms with Gasteiger partial charge in [-0.2, -0.15) is 13.2 Å². The smallest absolute Gasteiger partial charge is 0.433 e. The minimum absolute atomic E-state index is 0.0610. The standard InChI is InChI=1S/C16H10F3NO3/c17-16(18,19)14-6-5-11(8-20-14)15(21)22-9-12-7-10-3-1-2-4-13(10)23-12/h1-8H,9H2. The minimum Gasteiger partial charge on any atom is -0.457 e. The first-order valence-corrected chi connectivity index (χ1v) is 6.61. The number of pyridine rings is 1. The number of aromatic nitrogens is 1. The number of ether oxygens (including phenoxy) is 1. The molecule has 0 bridgehead atoms. The number of rotatable bonds is 3. The number of alkyl halides is 3. The Morgan fingerprint density at radius 3 is 2.61 bits per heavy atom. The Kier molecular flexibility index (Phi) is 3.77. The molecule has 2 aromatic heterocycles. The second-order valence-corrected chi connectivity index (χ2v) is 4.76. The van der Waals surface area contributed by atoms with Gasteiger partial charge in [-0.15, -0.1) is 0 Å². The topological polar surface area (TPSA) is 52.3 Å². The van der Waals surface area contributed by atoms with Crippen LogP contribution in [0.15, 0.2) is 53.1 Å². The maximum absolute atomic E-state index is 12.4. The van der Waals surface area contributed by atoms with E-state index in [0.717, 1.165) is 23.7 Å². The van der Waals surface area contributed by atoms with Crippen molar-refractivity contribution in [1.82, 2.24) is 4.98 Å². The van der Waals surface area contributed by atoms with Gasteiger partial charge < -0.3 is 9.15 Å². The van der Waals surface area contributed by atoms with Gasteiger partial charge in [-0.05, 0) is 24.3 Å². The molecule has 0 fully saturated rings. The molecule has 0 saturated carbocycles. The van der Waals surface area contributed by atoms with Gasteiger partial charge in [-0.25, -0.2) is 4.79 Å². The molecule has 4 nitrogen and oxygen atoms in total. The maximum Gasteiger partial charge on any atom is 0.433 e. The highest BCUT2D eigenvalue weighted by Crippen LogP contribution is 2.27. The van der Waals surface area contributed by atoms with E-state index in [9.17, 15) is 18.0 Å². The van der Waals surface area contributed by atoms with Gasteiger partial charge in [0.05, 0.1) is 5.56 Å². The summed E-state index contributed by atoms with van der Waals surface area (Å²) >= 11 is 0. The average Bonchev–Trinajstić information content (AvgIpc) is 2.95. The summed E-state index contributed by atoms with van der Waals surface area (Å²) in [6, 6.07) is 10.8. The lowest BCUT2D eigenvalue weighted by atomic mass is 10.2. The molecule has 0 amide bonds. The minimum atomic E-state index is -4.54. The van der Waals surface area contributed by atoms with Gasteiger partial charge in [0, 0.05) is 11.6 Å². The molecule has 7 heteroatoms. The van der Waals surface area contributed by atoms with E-state index in [0.29, 0.717) is 11.3 Å². The number of furan rings is 1. The third-order valence-corrected chi connectivity index (χ3v) is 3.11. The molecule has 0 aliphatic heterocycles. The molecule has 0 saturated heterocycles. The zero-order valence-electron chi connectivity index (χ0n) is 11.6. The lowest BCUT2D eigenvalue weighted by Crippen LogP contribution is -2.10. The number of hydrogen-bond acceptors (Lipinski definition) is 4. The van der Waals surface area contributed by atoms with Gasteiger partial charge in [0.2, 0.25) is 0 Å². The van der Waals surface area contributed by atoms with E-state index in [1.165, 1.54) is 0 Å². The number of benzene rings is 1. The number of hydrogen-bond donors (Lipinski definition) is 0. The van der Waals surface area contributed by atoms with Crippen molar-refractivity contribution in [2.45, 2.75) is 12.8 Å². The Hall–Kier alpha value is -2.83. The normalized spacial score (nSPS) is 11.6. The number of carbonyl (C=O) groups is 1. The van der Waals surface area contributed by atoms with Crippen LogP contribution in [0.5, 0.6) is 0 Å². The predicted octanol–water partition coefficient (Wildman–Crippen LogP) is 4.20. The van der Waals surface area contributed by atoms with Gasteiger partial charge in [0.1, 0.15) is 23.6 Å². The van der Waals surface area contributed by atoms with Crippen molar-refractivity contribution in [2.24, 2.45) is 0 Å². The Bertz CT molecular complexity index is 805. The molecule has 0 radical (unpaired) electrons. The van der Waals surface area contributed by atoms with Crippen molar-refractivity contribution in [3.63, 3.8) is 0 Å². The Morgan fingerprint density at radius 1 is 1.17 bits per heavy atom. The van der Waals surface area contributed by atoms with Crippen LogP contribution < -0.4 is 0 Å². The summed E-state index contributed by atoms with van der Waals surface area (Å²) in [5.41, 5.74) is -0.463. The highest BCUT2D eigenvalue weighted by atomic mass is 19.4. The summed E-state index contributed by atoms with van der Waals surface area (Å²) in [5.74, 6) is -0.328. The van der Waals surface area contributed by atoms with E-state index < -0.39 is 17.8 Å². The number of para-hydroxylation sites is 1. The number of esters is 1. The Labute approximate surface area is 128 Å². The molecule has 0 spiro atoms. The summed E-state index contributed by atoms with van der Waals surface area (Å²) in [7, 11) is 0. The molecule has 23 heavy (non-hydrogen) atoms. The molecule has 0 aliphatic carbocycles. The quantitative estimate of drug-likeness (QED) is 0.678. The van der Waals surface area contributed by atoms with Crippen LogP contribution in [0.4, 0.5) is 13.2 Å². The van der Waals surface area contributed by atoms with E-state index in [1.54, 1.807) is 12.1 Å². The molecule has 0 unspecified atom stereocenters. The van der Waals surface area contributed by atoms with Crippen LogP contribution in [0.2, 0.25) is 0 Å². The van der Waals surface area contributed by atoms with Crippen molar-refractivity contribution in [2.75, 3.05) is 0 Å². The van der Waals surface area contributed by atoms with Crippen LogP contribution in [0.1, 0.15) is 21.8 Å². The summed E-state index contributed by atoms with van der Waals surface area (Å²) in [6.07, 6.45) is -3.71.